The Hall–Kier alpha value is -0.170. The number of hydrogen-bond donors (Lipinski definition) is 1. The molecular weight excluding hydrogens is 216 g/mol. The van der Waals surface area contributed by atoms with Crippen LogP contribution >= 0.6 is 0 Å². The van der Waals surface area contributed by atoms with Gasteiger partial charge < -0.3 is 9.64 Å². The highest BCUT2D eigenvalue weighted by molar-refractivity contribution is 7.88. The molecule has 88 valence electrons. The monoisotopic (exact) mass is 234 g/mol. The number of rotatable bonds is 3. The van der Waals surface area contributed by atoms with E-state index in [2.05, 4.69) is 4.72 Å². The van der Waals surface area contributed by atoms with Crippen LogP contribution in [0.4, 0.5) is 0 Å². The smallest absolute Gasteiger partial charge is 0.209 e. The van der Waals surface area contributed by atoms with Crippen molar-refractivity contribution in [1.82, 2.24) is 9.62 Å². The second-order valence-electron chi connectivity index (χ2n) is 4.66. The molecule has 0 aromatic carbocycles. The van der Waals surface area contributed by atoms with Gasteiger partial charge in [0.1, 0.15) is 0 Å². The van der Waals surface area contributed by atoms with Crippen LogP contribution < -0.4 is 4.72 Å². The van der Waals surface area contributed by atoms with E-state index in [4.69, 9.17) is 4.74 Å². The molecule has 2 rings (SSSR count). The van der Waals surface area contributed by atoms with E-state index in [1.807, 2.05) is 19.0 Å². The third kappa shape index (κ3) is 2.04. The number of ether oxygens (including phenoxy) is 1. The molecule has 0 radical (unpaired) electrons. The van der Waals surface area contributed by atoms with Crippen LogP contribution in [0.5, 0.6) is 0 Å². The first kappa shape index (κ1) is 11.3. The molecule has 5 nitrogen and oxygen atoms in total. The highest BCUT2D eigenvalue weighted by atomic mass is 32.2. The molecule has 2 aliphatic rings. The topological polar surface area (TPSA) is 58.6 Å². The molecule has 15 heavy (non-hydrogen) atoms. The Morgan fingerprint density at radius 1 is 1.40 bits per heavy atom. The van der Waals surface area contributed by atoms with Crippen LogP contribution in [0, 0.1) is 5.92 Å². The summed E-state index contributed by atoms with van der Waals surface area (Å²) in [6.07, 6.45) is 2.38. The van der Waals surface area contributed by atoms with E-state index in [1.165, 1.54) is 6.26 Å². The summed E-state index contributed by atoms with van der Waals surface area (Å²) < 4.78 is 30.7. The largest absolute Gasteiger partial charge is 0.376 e. The minimum atomic E-state index is -3.12. The fourth-order valence-corrected chi connectivity index (χ4v) is 3.50. The van der Waals surface area contributed by atoms with Crippen LogP contribution in [-0.2, 0) is 14.8 Å². The molecule has 0 aromatic heterocycles. The van der Waals surface area contributed by atoms with Gasteiger partial charge in [-0.15, -0.1) is 0 Å². The molecule has 0 spiro atoms. The minimum Gasteiger partial charge on any atom is -0.376 e. The van der Waals surface area contributed by atoms with Crippen molar-refractivity contribution in [3.05, 3.63) is 0 Å². The van der Waals surface area contributed by atoms with E-state index >= 15 is 0 Å². The number of nitrogens with one attached hydrogen (secondary N) is 1. The van der Waals surface area contributed by atoms with Gasteiger partial charge >= 0.3 is 0 Å². The zero-order valence-corrected chi connectivity index (χ0v) is 10.1. The van der Waals surface area contributed by atoms with Crippen molar-refractivity contribution in [3.8, 4) is 0 Å². The molecule has 2 fully saturated rings. The van der Waals surface area contributed by atoms with Crippen LogP contribution in [0.15, 0.2) is 0 Å². The number of fused-ring (bicyclic) bond motifs is 1. The Morgan fingerprint density at radius 3 is 2.60 bits per heavy atom. The molecule has 1 saturated heterocycles. The van der Waals surface area contributed by atoms with E-state index < -0.39 is 10.0 Å². The molecule has 0 unspecified atom stereocenters. The van der Waals surface area contributed by atoms with Crippen LogP contribution in [0.3, 0.4) is 0 Å². The lowest BCUT2D eigenvalue weighted by Gasteiger charge is -2.50. The first-order valence-corrected chi connectivity index (χ1v) is 7.04. The fourth-order valence-electron chi connectivity index (χ4n) is 2.70. The summed E-state index contributed by atoms with van der Waals surface area (Å²) in [5.41, 5.74) is 0. The Morgan fingerprint density at radius 2 is 2.07 bits per heavy atom. The van der Waals surface area contributed by atoms with Gasteiger partial charge in [-0.2, -0.15) is 0 Å². The summed E-state index contributed by atoms with van der Waals surface area (Å²) >= 11 is 0. The molecule has 1 N–H and O–H groups in total. The van der Waals surface area contributed by atoms with E-state index in [9.17, 15) is 8.42 Å². The van der Waals surface area contributed by atoms with Crippen molar-refractivity contribution in [2.75, 3.05) is 27.0 Å². The minimum absolute atomic E-state index is 0.0162. The zero-order chi connectivity index (χ0) is 11.2. The number of nitrogens with zero attached hydrogens (tertiary/aromatic N) is 1. The van der Waals surface area contributed by atoms with Crippen molar-refractivity contribution >= 4 is 10.0 Å². The Labute approximate surface area is 90.8 Å². The first-order valence-electron chi connectivity index (χ1n) is 5.15. The lowest BCUT2D eigenvalue weighted by Crippen LogP contribution is -2.69. The van der Waals surface area contributed by atoms with Gasteiger partial charge in [0.15, 0.2) is 0 Å². The number of hydrogen-bond acceptors (Lipinski definition) is 4. The standard InChI is InChI=1S/C9H18N2O3S/c1-11(2)8-7(10-15(3,12)13)6-4-5-14-9(6)8/h6-10H,4-5H2,1-3H3/t6-,7+,8-,9-/m1/s1. The summed E-state index contributed by atoms with van der Waals surface area (Å²) in [5, 5.41) is 0. The van der Waals surface area contributed by atoms with Gasteiger partial charge in [0.25, 0.3) is 0 Å². The average Bonchev–Trinajstić information content (AvgIpc) is 2.42. The summed E-state index contributed by atoms with van der Waals surface area (Å²) in [5.74, 6) is 0.354. The van der Waals surface area contributed by atoms with Crippen molar-refractivity contribution in [3.63, 3.8) is 0 Å². The molecule has 1 heterocycles. The normalized spacial score (nSPS) is 40.3. The van der Waals surface area contributed by atoms with Gasteiger partial charge in [0.2, 0.25) is 10.0 Å². The summed E-state index contributed by atoms with van der Waals surface area (Å²) in [7, 11) is 0.794. The molecule has 1 saturated carbocycles. The molecule has 1 aliphatic carbocycles. The van der Waals surface area contributed by atoms with Crippen LogP contribution in [-0.4, -0.2) is 58.5 Å². The Balaban J connectivity index is 2.09. The van der Waals surface area contributed by atoms with Gasteiger partial charge in [-0.25, -0.2) is 13.1 Å². The third-order valence-electron chi connectivity index (χ3n) is 3.30. The van der Waals surface area contributed by atoms with Crippen molar-refractivity contribution in [2.24, 2.45) is 5.92 Å². The average molecular weight is 234 g/mol. The molecule has 0 bridgehead atoms. The van der Waals surface area contributed by atoms with Gasteiger partial charge in [-0.3, -0.25) is 0 Å². The van der Waals surface area contributed by atoms with Crippen LogP contribution in [0.25, 0.3) is 0 Å². The van der Waals surface area contributed by atoms with E-state index in [0.29, 0.717) is 5.92 Å². The molecular formula is C9H18N2O3S. The first-order chi connectivity index (χ1) is 6.90. The van der Waals surface area contributed by atoms with E-state index in [0.717, 1.165) is 13.0 Å². The van der Waals surface area contributed by atoms with Crippen LogP contribution in [0.1, 0.15) is 6.42 Å². The summed E-state index contributed by atoms with van der Waals surface area (Å²) in [6.45, 7) is 0.752. The van der Waals surface area contributed by atoms with Gasteiger partial charge in [-0.05, 0) is 20.5 Å². The molecule has 0 amide bonds. The Bertz CT molecular complexity index is 341. The van der Waals surface area contributed by atoms with E-state index in [1.54, 1.807) is 0 Å². The van der Waals surface area contributed by atoms with E-state index in [-0.39, 0.29) is 18.2 Å². The second kappa shape index (κ2) is 3.69. The van der Waals surface area contributed by atoms with Gasteiger partial charge in [-0.1, -0.05) is 0 Å². The Kier molecular flexibility index (Phi) is 2.79. The lowest BCUT2D eigenvalue weighted by atomic mass is 9.71. The van der Waals surface area contributed by atoms with Gasteiger partial charge in [0.05, 0.1) is 18.4 Å². The van der Waals surface area contributed by atoms with Crippen molar-refractivity contribution < 1.29 is 13.2 Å². The summed E-state index contributed by atoms with van der Waals surface area (Å²) in [4.78, 5) is 2.04. The number of likely N-dealkylation sites (N-methyl/N-ethyl adjacent to an activating group) is 1. The molecule has 0 aromatic rings. The quantitative estimate of drug-likeness (QED) is 0.698. The van der Waals surface area contributed by atoms with Crippen molar-refractivity contribution in [1.29, 1.82) is 0 Å². The maximum atomic E-state index is 11.2. The third-order valence-corrected chi connectivity index (χ3v) is 4.00. The van der Waals surface area contributed by atoms with Crippen molar-refractivity contribution in [2.45, 2.75) is 24.6 Å². The predicted molar refractivity (Wildman–Crippen MR) is 57.1 cm³/mol. The second-order valence-corrected chi connectivity index (χ2v) is 6.44. The highest BCUT2D eigenvalue weighted by Gasteiger charge is 2.55. The lowest BCUT2D eigenvalue weighted by molar-refractivity contribution is -0.0626. The molecule has 6 heteroatoms. The maximum Gasteiger partial charge on any atom is 0.209 e. The van der Waals surface area contributed by atoms with Crippen LogP contribution in [0.2, 0.25) is 0 Å². The maximum absolute atomic E-state index is 11.2. The molecule has 1 aliphatic heterocycles. The highest BCUT2D eigenvalue weighted by Crippen LogP contribution is 2.41. The predicted octanol–water partition coefficient (Wildman–Crippen LogP) is -0.747. The fraction of sp³-hybridized carbons (Fsp3) is 1.00. The zero-order valence-electron chi connectivity index (χ0n) is 9.30. The molecule has 4 atom stereocenters. The summed E-state index contributed by atoms with van der Waals surface area (Å²) in [6, 6.07) is 0.190. The number of sulfonamides is 1. The van der Waals surface area contributed by atoms with Gasteiger partial charge in [0, 0.05) is 18.6 Å². The SMILES string of the molecule is CN(C)[C@@H]1[C@@H](NS(C)(=O)=O)[C@H]2CCO[C@H]21.